The van der Waals surface area contributed by atoms with Gasteiger partial charge in [0.1, 0.15) is 43.0 Å². The molecule has 3 aliphatic heterocycles. The molecule has 0 aromatic carbocycles. The Balaban J connectivity index is 0.000000590. The highest BCUT2D eigenvalue weighted by Crippen LogP contribution is 2.38. The van der Waals surface area contributed by atoms with E-state index in [1.54, 1.807) is 41.1 Å². The van der Waals surface area contributed by atoms with E-state index in [1.807, 2.05) is 58.1 Å². The van der Waals surface area contributed by atoms with Crippen molar-refractivity contribution in [3.63, 3.8) is 0 Å². The lowest BCUT2D eigenvalue weighted by Gasteiger charge is -2.42. The number of nitrogens with one attached hydrogen (secondary N) is 1. The number of nitrogens with zero attached hydrogens (tertiary/aromatic N) is 4. The lowest BCUT2D eigenvalue weighted by molar-refractivity contribution is -0.265. The number of hydrogen-bond donors (Lipinski definition) is 7. The number of aliphatic hydroxyl groups is 5. The van der Waals surface area contributed by atoms with Crippen molar-refractivity contribution in [2.45, 2.75) is 193 Å². The molecule has 2 aromatic rings. The summed E-state index contributed by atoms with van der Waals surface area (Å²) in [5.41, 5.74) is 6.70. The Morgan fingerprint density at radius 2 is 1.60 bits per heavy atom. The maximum atomic E-state index is 14.4. The minimum atomic E-state index is -2.43. The number of amides is 1. The molecule has 1 amide bonds. The van der Waals surface area contributed by atoms with Crippen LogP contribution in [0.1, 0.15) is 126 Å². The summed E-state index contributed by atoms with van der Waals surface area (Å²) in [7, 11) is 4.52. The monoisotopic (exact) mass is 1170 g/mol. The smallest absolute Gasteiger partial charge is 0.329 e. The van der Waals surface area contributed by atoms with Crippen molar-refractivity contribution in [3.8, 4) is 0 Å². The van der Waals surface area contributed by atoms with Gasteiger partial charge in [0.2, 0.25) is 11.7 Å². The average Bonchev–Trinajstić information content (AvgIpc) is 4.10. The molecule has 0 radical (unpaired) electrons. The van der Waals surface area contributed by atoms with Crippen molar-refractivity contribution < 1.29 is 77.9 Å². The number of ketones is 3. The number of fused-ring (bicyclic) bond motifs is 4. The number of H-pyrrole nitrogens is 1. The van der Waals surface area contributed by atoms with Crippen LogP contribution >= 0.6 is 0 Å². The van der Waals surface area contributed by atoms with E-state index in [-0.39, 0.29) is 91.9 Å². The summed E-state index contributed by atoms with van der Waals surface area (Å²) in [5, 5.41) is 51.5. The highest BCUT2D eigenvalue weighted by atomic mass is 16.6. The maximum absolute atomic E-state index is 14.4. The molecule has 2 saturated heterocycles. The fourth-order valence-corrected chi connectivity index (χ4v) is 11.5. The van der Waals surface area contributed by atoms with E-state index >= 15 is 0 Å². The number of carbonyl (C=O) groups excluding carboxylic acids is 5. The Kier molecular flexibility index (Phi) is 26.6. The minimum Gasteiger partial charge on any atom is -0.460 e. The second kappa shape index (κ2) is 32.2. The van der Waals surface area contributed by atoms with Crippen molar-refractivity contribution in [2.75, 3.05) is 46.8 Å². The number of imidazole rings is 1. The number of aromatic amines is 1. The number of esters is 1. The average molecular weight is 1170 g/mol. The molecule has 8 N–H and O–H groups in total. The van der Waals surface area contributed by atoms with Crippen LogP contribution in [0.25, 0.3) is 11.2 Å². The predicted octanol–water partition coefficient (Wildman–Crippen LogP) is 4.21. The third-order valence-electron chi connectivity index (χ3n) is 16.8. The number of cyclic esters (lactones) is 1. The third kappa shape index (κ3) is 18.3. The summed E-state index contributed by atoms with van der Waals surface area (Å²) in [4.78, 5) is 93.4. The van der Waals surface area contributed by atoms with Gasteiger partial charge >= 0.3 is 5.97 Å². The Morgan fingerprint density at radius 1 is 0.880 bits per heavy atom. The number of ether oxygens (including phenoxy) is 6. The Labute approximate surface area is 486 Å². The van der Waals surface area contributed by atoms with Crippen LogP contribution in [0.5, 0.6) is 0 Å². The number of nitrogens with two attached hydrogens (primary N) is 1. The Morgan fingerprint density at radius 3 is 2.28 bits per heavy atom. The number of hydrogen-bond acceptors (Lipinski definition) is 20. The summed E-state index contributed by atoms with van der Waals surface area (Å²) in [6, 6.07) is -1.14. The van der Waals surface area contributed by atoms with Crippen LogP contribution in [0.2, 0.25) is 0 Å². The topological polar surface area (TPSA) is 335 Å². The molecule has 1 saturated carbocycles. The first kappa shape index (κ1) is 68.4. The number of anilines is 1. The van der Waals surface area contributed by atoms with E-state index in [0.717, 1.165) is 12.0 Å². The van der Waals surface area contributed by atoms with Crippen molar-refractivity contribution in [1.82, 2.24) is 24.4 Å². The van der Waals surface area contributed by atoms with E-state index in [1.165, 1.54) is 22.9 Å². The zero-order chi connectivity index (χ0) is 61.3. The van der Waals surface area contributed by atoms with E-state index < -0.39 is 95.5 Å². The SMILES string of the molecule is CO[C@H]1C[C@@H]2CC[C@@H](C)[C@@](O)(O2)C(=O)C(=O)N2CCCC[C@H]2C(=O)O[C@H]([C@H](C)C[C@@H]2CC[C@@H](O)[C@H](OC)C2)CC(=O)[C@H](C)/C=C(\C)[C@@H](O)[C@@H](OC)C(=O)[C@H](C)C[C@H](C)/C=C/C=C/C=C/1C.Nc1nc2c(ncn2COC(CO)CO)c(=O)[nH]1. The number of piperidine rings is 1. The molecule has 23 heteroatoms. The molecular weight excluding hydrogens is 1080 g/mol. The summed E-state index contributed by atoms with van der Waals surface area (Å²) >= 11 is 0. The molecule has 0 unspecified atom stereocenters. The lowest BCUT2D eigenvalue weighted by atomic mass is 9.78. The first-order chi connectivity index (χ1) is 39.4. The molecular formula is C60H92N6O17. The van der Waals surface area contributed by atoms with Crippen molar-refractivity contribution in [2.24, 2.45) is 35.5 Å². The molecule has 6 rings (SSSR count). The van der Waals surface area contributed by atoms with Crippen LogP contribution < -0.4 is 11.3 Å². The van der Waals surface area contributed by atoms with Crippen LogP contribution in [-0.2, 0) is 59.1 Å². The van der Waals surface area contributed by atoms with Gasteiger partial charge in [-0.25, -0.2) is 9.78 Å². The fraction of sp³-hybridized carbons (Fsp3) is 0.700. The van der Waals surface area contributed by atoms with Gasteiger partial charge in [-0.05, 0) is 107 Å². The van der Waals surface area contributed by atoms with Gasteiger partial charge in [0.05, 0.1) is 44.0 Å². The fourth-order valence-electron chi connectivity index (χ4n) is 11.5. The number of allylic oxidation sites excluding steroid dienone is 6. The Hall–Kier alpha value is -5.34. The van der Waals surface area contributed by atoms with Crippen molar-refractivity contribution in [3.05, 3.63) is 64.3 Å². The summed E-state index contributed by atoms with van der Waals surface area (Å²) in [6.45, 7) is 12.1. The molecule has 2 aromatic heterocycles. The highest BCUT2D eigenvalue weighted by Gasteiger charge is 2.53. The summed E-state index contributed by atoms with van der Waals surface area (Å²) < 4.78 is 36.0. The van der Waals surface area contributed by atoms with Crippen LogP contribution in [0.15, 0.2) is 58.7 Å². The van der Waals surface area contributed by atoms with Crippen LogP contribution in [-0.4, -0.2) is 181 Å². The van der Waals surface area contributed by atoms with E-state index in [9.17, 15) is 44.1 Å². The van der Waals surface area contributed by atoms with Crippen LogP contribution in [0.4, 0.5) is 5.95 Å². The number of carbonyl (C=O) groups is 5. The van der Waals surface area contributed by atoms with Gasteiger partial charge in [0.15, 0.2) is 16.9 Å². The second-order valence-corrected chi connectivity index (χ2v) is 23.2. The molecule has 5 heterocycles. The highest BCUT2D eigenvalue weighted by molar-refractivity contribution is 6.39. The number of Topliss-reactive ketones (excluding diaryl/α,β-unsaturated/α-hetero) is 3. The van der Waals surface area contributed by atoms with Gasteiger partial charge in [-0.2, -0.15) is 4.98 Å². The molecule has 3 fully saturated rings. The summed E-state index contributed by atoms with van der Waals surface area (Å²) in [6.07, 6.45) is 11.9. The first-order valence-corrected chi connectivity index (χ1v) is 29.1. The molecule has 2 bridgehead atoms. The van der Waals surface area contributed by atoms with Gasteiger partial charge < -0.3 is 64.6 Å². The van der Waals surface area contributed by atoms with E-state index in [4.69, 9.17) is 44.4 Å². The minimum absolute atomic E-state index is 0.00181. The second-order valence-electron chi connectivity index (χ2n) is 23.2. The van der Waals surface area contributed by atoms with Gasteiger partial charge in [0.25, 0.3) is 17.2 Å². The summed E-state index contributed by atoms with van der Waals surface area (Å²) in [5.74, 6) is -7.98. The van der Waals surface area contributed by atoms with E-state index in [0.29, 0.717) is 63.4 Å². The molecule has 1 aliphatic carbocycles. The van der Waals surface area contributed by atoms with Gasteiger partial charge in [0, 0.05) is 58.5 Å². The Bertz CT molecular complexity index is 2670. The number of methoxy groups -OCH3 is 3. The molecule has 4 aliphatic rings. The number of aromatic nitrogens is 4. The van der Waals surface area contributed by atoms with Crippen LogP contribution in [0.3, 0.4) is 0 Å². The standard InChI is InChI=1S/C51H79NO13.C9H13N5O4/c1-30-16-12-11-13-17-31(2)42(61-8)28-38-21-19-36(7)51(60,65-38)48(57)49(58)52-23-15-14-18-39(52)50(59)64-43(33(4)26-37-20-22-40(53)44(27-37)62-9)29-41(54)32(3)25-35(6)46(56)47(63-10)45(55)34(5)24-30;10-9-12-7-6(8(17)13-9)11-3-14(7)4-18-5(1-15)2-16/h11-13,16-17,25,30,32-34,36-40,42-44,46-47,53,56,60H,14-15,18-24,26-29H2,1-10H3;3,5,15-16H,1-2,4H2,(H3,10,12,13,17)/b13-11+,16-12+,31-17+,35-25+;/t30-,32-,33-,34-,36-,37+,38+,39+,40-,42+,43+,44-,46-,47+,51-;/m1./s1. The largest absolute Gasteiger partial charge is 0.460 e. The van der Waals surface area contributed by atoms with E-state index in [2.05, 4.69) is 15.0 Å². The quantitative estimate of drug-likeness (QED) is 0.0941. The van der Waals surface area contributed by atoms with Gasteiger partial charge in [-0.3, -0.25) is 33.5 Å². The lowest BCUT2D eigenvalue weighted by Crippen LogP contribution is -2.61. The van der Waals surface area contributed by atoms with Crippen LogP contribution in [0, 0.1) is 35.5 Å². The number of nitrogen functional groups attached to an aromatic ring is 1. The number of aliphatic hydroxyl groups excluding tert-OH is 4. The van der Waals surface area contributed by atoms with Crippen molar-refractivity contribution in [1.29, 1.82) is 0 Å². The third-order valence-corrected chi connectivity index (χ3v) is 16.8. The van der Waals surface area contributed by atoms with Crippen molar-refractivity contribution >= 4 is 46.3 Å². The predicted molar refractivity (Wildman–Crippen MR) is 307 cm³/mol. The molecule has 83 heavy (non-hydrogen) atoms. The van der Waals surface area contributed by atoms with Gasteiger partial charge in [-0.15, -0.1) is 0 Å². The zero-order valence-corrected chi connectivity index (χ0v) is 50.0. The molecule has 15 atom stereocenters. The molecule has 23 nitrogen and oxygen atoms in total. The molecule has 464 valence electrons. The first-order valence-electron chi connectivity index (χ1n) is 29.1. The maximum Gasteiger partial charge on any atom is 0.329 e. The molecule has 0 spiro atoms. The normalized spacial score (nSPS) is 34.1. The zero-order valence-electron chi connectivity index (χ0n) is 50.0. The van der Waals surface area contributed by atoms with Gasteiger partial charge in [-0.1, -0.05) is 71.1 Å². The number of rotatable bonds is 11.